The molecule has 0 fully saturated rings. The standard InChI is InChI=1S/C25H50NO8P/c1-6-7-8-9-10-11-12-13-14-15-16-17-18-25(28)31-21-24(34-23(2)27)22-33-35(29,30)32-20-19-26(3,4)5/h24H,6-22H2,1-5H3/t24-/m1/s1. The predicted octanol–water partition coefficient (Wildman–Crippen LogP) is 4.76. The van der Waals surface area contributed by atoms with Crippen molar-refractivity contribution in [3.8, 4) is 0 Å². The average Bonchev–Trinajstić information content (AvgIpc) is 2.75. The zero-order chi connectivity index (χ0) is 26.6. The zero-order valence-electron chi connectivity index (χ0n) is 22.8. The van der Waals surface area contributed by atoms with Crippen molar-refractivity contribution >= 4 is 19.8 Å². The molecular weight excluding hydrogens is 473 g/mol. The molecule has 0 radical (unpaired) electrons. The van der Waals surface area contributed by atoms with Crippen molar-refractivity contribution < 1.29 is 42.1 Å². The van der Waals surface area contributed by atoms with Gasteiger partial charge in [-0.15, -0.1) is 0 Å². The van der Waals surface area contributed by atoms with E-state index in [9.17, 15) is 19.0 Å². The minimum atomic E-state index is -4.56. The van der Waals surface area contributed by atoms with E-state index in [0.717, 1.165) is 19.3 Å². The molecule has 0 aromatic rings. The Hall–Kier alpha value is -0.990. The predicted molar refractivity (Wildman–Crippen MR) is 135 cm³/mol. The van der Waals surface area contributed by atoms with Gasteiger partial charge in [0.05, 0.1) is 27.7 Å². The first-order chi connectivity index (χ1) is 16.4. The van der Waals surface area contributed by atoms with Gasteiger partial charge in [-0.1, -0.05) is 77.6 Å². The molecule has 10 heteroatoms. The molecule has 0 aromatic heterocycles. The second-order valence-electron chi connectivity index (χ2n) is 10.1. The molecular formula is C25H50NO8P. The maximum Gasteiger partial charge on any atom is 0.305 e. The molecule has 0 saturated carbocycles. The number of hydrogen-bond acceptors (Lipinski definition) is 8. The number of quaternary nitrogens is 1. The van der Waals surface area contributed by atoms with Crippen molar-refractivity contribution in [2.24, 2.45) is 0 Å². The molecule has 0 spiro atoms. The third-order valence-electron chi connectivity index (χ3n) is 5.43. The lowest BCUT2D eigenvalue weighted by Crippen LogP contribution is -2.37. The number of nitrogens with zero attached hydrogens (tertiary/aromatic N) is 1. The van der Waals surface area contributed by atoms with E-state index in [-0.39, 0.29) is 19.6 Å². The summed E-state index contributed by atoms with van der Waals surface area (Å²) in [5.74, 6) is -1.03. The number of unbranched alkanes of at least 4 members (excludes halogenated alkanes) is 11. The van der Waals surface area contributed by atoms with Crippen molar-refractivity contribution in [1.29, 1.82) is 0 Å². The fraction of sp³-hybridized carbons (Fsp3) is 0.920. The molecule has 0 amide bonds. The number of likely N-dealkylation sites (N-methyl/N-ethyl adjacent to an activating group) is 1. The summed E-state index contributed by atoms with van der Waals surface area (Å²) in [5, 5.41) is 0. The summed E-state index contributed by atoms with van der Waals surface area (Å²) in [6.45, 7) is 3.12. The molecule has 208 valence electrons. The van der Waals surface area contributed by atoms with Gasteiger partial charge in [0.25, 0.3) is 7.82 Å². The molecule has 0 aliphatic rings. The molecule has 9 nitrogen and oxygen atoms in total. The van der Waals surface area contributed by atoms with Gasteiger partial charge in [-0.3, -0.25) is 14.2 Å². The van der Waals surface area contributed by atoms with Crippen LogP contribution < -0.4 is 4.89 Å². The van der Waals surface area contributed by atoms with E-state index in [1.807, 2.05) is 21.1 Å². The molecule has 0 N–H and O–H groups in total. The summed E-state index contributed by atoms with van der Waals surface area (Å²) in [7, 11) is 1.16. The molecule has 0 rings (SSSR count). The lowest BCUT2D eigenvalue weighted by molar-refractivity contribution is -0.870. The van der Waals surface area contributed by atoms with E-state index in [0.29, 0.717) is 11.0 Å². The Morgan fingerprint density at radius 2 is 1.34 bits per heavy atom. The Kier molecular flexibility index (Phi) is 19.5. The minimum Gasteiger partial charge on any atom is -0.756 e. The largest absolute Gasteiger partial charge is 0.756 e. The van der Waals surface area contributed by atoms with Crippen molar-refractivity contribution in [3.63, 3.8) is 0 Å². The smallest absolute Gasteiger partial charge is 0.305 e. The Labute approximate surface area is 213 Å². The highest BCUT2D eigenvalue weighted by Gasteiger charge is 2.20. The third kappa shape index (κ3) is 24.5. The first-order valence-corrected chi connectivity index (χ1v) is 14.6. The number of phosphoric acid groups is 1. The van der Waals surface area contributed by atoms with Crippen molar-refractivity contribution in [1.82, 2.24) is 0 Å². The molecule has 0 aromatic carbocycles. The van der Waals surface area contributed by atoms with Crippen LogP contribution in [0.2, 0.25) is 0 Å². The van der Waals surface area contributed by atoms with E-state index in [1.54, 1.807) is 0 Å². The molecule has 0 aliphatic heterocycles. The summed E-state index contributed by atoms with van der Waals surface area (Å²) in [6.07, 6.45) is 13.7. The summed E-state index contributed by atoms with van der Waals surface area (Å²) in [5.41, 5.74) is 0. The Bertz CT molecular complexity index is 609. The quantitative estimate of drug-likeness (QED) is 0.0816. The van der Waals surface area contributed by atoms with Gasteiger partial charge in [0, 0.05) is 13.3 Å². The lowest BCUT2D eigenvalue weighted by Gasteiger charge is -2.28. The summed E-state index contributed by atoms with van der Waals surface area (Å²) in [6, 6.07) is 0. The maximum absolute atomic E-state index is 12.0. The SMILES string of the molecule is CCCCCCCCCCCCCCC(=O)OC[C@H](COP(=O)([O-])OCC[N+](C)(C)C)OC(C)=O. The highest BCUT2D eigenvalue weighted by molar-refractivity contribution is 7.45. The van der Waals surface area contributed by atoms with Crippen LogP contribution in [0.25, 0.3) is 0 Å². The van der Waals surface area contributed by atoms with E-state index in [2.05, 4.69) is 6.92 Å². The monoisotopic (exact) mass is 523 g/mol. The summed E-state index contributed by atoms with van der Waals surface area (Å²) >= 11 is 0. The van der Waals surface area contributed by atoms with E-state index in [1.165, 1.54) is 64.7 Å². The first-order valence-electron chi connectivity index (χ1n) is 13.2. The molecule has 2 atom stereocenters. The fourth-order valence-corrected chi connectivity index (χ4v) is 4.09. The van der Waals surface area contributed by atoms with E-state index < -0.39 is 32.5 Å². The average molecular weight is 524 g/mol. The topological polar surface area (TPSA) is 111 Å². The first kappa shape index (κ1) is 34.0. The Balaban J connectivity index is 3.99. The zero-order valence-corrected chi connectivity index (χ0v) is 23.7. The second-order valence-corrected chi connectivity index (χ2v) is 11.6. The number of ether oxygens (including phenoxy) is 2. The maximum atomic E-state index is 12.0. The molecule has 0 heterocycles. The molecule has 35 heavy (non-hydrogen) atoms. The van der Waals surface area contributed by atoms with E-state index in [4.69, 9.17) is 18.5 Å². The van der Waals surface area contributed by atoms with Gasteiger partial charge in [0.15, 0.2) is 6.10 Å². The van der Waals surface area contributed by atoms with Crippen LogP contribution in [0.1, 0.15) is 97.3 Å². The van der Waals surface area contributed by atoms with Crippen LogP contribution in [0.5, 0.6) is 0 Å². The van der Waals surface area contributed by atoms with Crippen molar-refractivity contribution in [2.45, 2.75) is 103 Å². The molecule has 0 bridgehead atoms. The number of carbonyl (C=O) groups is 2. The van der Waals surface area contributed by atoms with Crippen LogP contribution in [-0.4, -0.2) is 70.0 Å². The van der Waals surface area contributed by atoms with Crippen molar-refractivity contribution in [3.05, 3.63) is 0 Å². The van der Waals surface area contributed by atoms with Gasteiger partial charge in [0.2, 0.25) is 0 Å². The molecule has 1 unspecified atom stereocenters. The third-order valence-corrected chi connectivity index (χ3v) is 6.39. The van der Waals surface area contributed by atoms with Crippen molar-refractivity contribution in [2.75, 3.05) is 47.5 Å². The van der Waals surface area contributed by atoms with Crippen LogP contribution >= 0.6 is 7.82 Å². The van der Waals surface area contributed by atoms with Crippen LogP contribution in [0.3, 0.4) is 0 Å². The molecule has 0 saturated heterocycles. The van der Waals surface area contributed by atoms with Crippen LogP contribution in [0, 0.1) is 0 Å². The van der Waals surface area contributed by atoms with Crippen LogP contribution in [0.4, 0.5) is 0 Å². The molecule has 0 aliphatic carbocycles. The van der Waals surface area contributed by atoms with Gasteiger partial charge in [0.1, 0.15) is 19.8 Å². The number of hydrogen-bond donors (Lipinski definition) is 0. The van der Waals surface area contributed by atoms with Gasteiger partial charge < -0.3 is 27.9 Å². The van der Waals surface area contributed by atoms with E-state index >= 15 is 0 Å². The number of esters is 2. The number of carbonyl (C=O) groups excluding carboxylic acids is 2. The highest BCUT2D eigenvalue weighted by Crippen LogP contribution is 2.38. The summed E-state index contributed by atoms with van der Waals surface area (Å²) in [4.78, 5) is 35.2. The van der Waals surface area contributed by atoms with Gasteiger partial charge in [-0.05, 0) is 6.42 Å². The minimum absolute atomic E-state index is 0.0312. The number of phosphoric ester groups is 1. The second kappa shape index (κ2) is 20.1. The van der Waals surface area contributed by atoms with Gasteiger partial charge in [-0.25, -0.2) is 0 Å². The lowest BCUT2D eigenvalue weighted by atomic mass is 10.0. The Morgan fingerprint density at radius 1 is 0.829 bits per heavy atom. The highest BCUT2D eigenvalue weighted by atomic mass is 31.2. The van der Waals surface area contributed by atoms with Crippen LogP contribution in [-0.2, 0) is 32.7 Å². The van der Waals surface area contributed by atoms with Gasteiger partial charge in [-0.2, -0.15) is 0 Å². The van der Waals surface area contributed by atoms with Crippen LogP contribution in [0.15, 0.2) is 0 Å². The summed E-state index contributed by atoms with van der Waals surface area (Å²) < 4.78 is 32.3. The normalized spacial score (nSPS) is 14.3. The Morgan fingerprint density at radius 3 is 1.83 bits per heavy atom. The number of rotatable bonds is 23. The van der Waals surface area contributed by atoms with Gasteiger partial charge >= 0.3 is 11.9 Å². The fourth-order valence-electron chi connectivity index (χ4n) is 3.36.